The number of nitrogens with zero attached hydrogens (tertiary/aromatic N) is 2. The Kier molecular flexibility index (Phi) is 8.21. The predicted octanol–water partition coefficient (Wildman–Crippen LogP) is 6.21. The first-order chi connectivity index (χ1) is 11.3. The van der Waals surface area contributed by atoms with Crippen molar-refractivity contribution in [2.45, 2.75) is 78.6 Å². The second-order valence-corrected chi connectivity index (χ2v) is 54.1. The van der Waals surface area contributed by atoms with Crippen LogP contribution in [0.1, 0.15) is 0 Å². The average Bonchev–Trinajstić information content (AvgIpc) is 2.32. The number of rotatable bonds is 7. The summed E-state index contributed by atoms with van der Waals surface area (Å²) in [5, 5.41) is 0. The Bertz CT molecular complexity index is 541. The first-order valence-electron chi connectivity index (χ1n) is 9.69. The quantitative estimate of drug-likeness (QED) is 0.258. The maximum atomic E-state index is 3.24. The van der Waals surface area contributed by atoms with E-state index in [1.54, 1.807) is 3.58 Å². The molecule has 0 radical (unpaired) electrons. The van der Waals surface area contributed by atoms with Gasteiger partial charge in [-0.25, -0.2) is 0 Å². The van der Waals surface area contributed by atoms with E-state index < -0.39 is 47.9 Å². The van der Waals surface area contributed by atoms with Crippen molar-refractivity contribution < 1.29 is 0 Å². The molecule has 1 aromatic rings. The van der Waals surface area contributed by atoms with E-state index >= 15 is 0 Å². The van der Waals surface area contributed by atoms with Gasteiger partial charge in [-0.15, -0.1) is 0 Å². The molecule has 0 aromatic heterocycles. The molecular weight excluding hydrogens is 602 g/mol. The van der Waals surface area contributed by atoms with E-state index in [-0.39, 0.29) is 0 Å². The molecule has 0 unspecified atom stereocenters. The van der Waals surface area contributed by atoms with E-state index in [0.717, 1.165) is 0 Å². The van der Waals surface area contributed by atoms with Gasteiger partial charge in [-0.1, -0.05) is 0 Å². The van der Waals surface area contributed by atoms with Crippen LogP contribution in [0, 0.1) is 0 Å². The maximum absolute atomic E-state index is 3.24. The fourth-order valence-corrected chi connectivity index (χ4v) is 128. The SMILES string of the molecule is C[Si](C)(C)[N]([Si](C)(C)C)[Sn]([I])([c]1ccccc1)[N]([Si](C)(C)C)[Si](C)(C)C. The van der Waals surface area contributed by atoms with Gasteiger partial charge in [-0.3, -0.25) is 0 Å². The number of benzene rings is 1. The topological polar surface area (TPSA) is 6.48 Å². The molecule has 0 amide bonds. The molecule has 8 heteroatoms. The zero-order valence-corrected chi connectivity index (χ0v) is 28.2. The van der Waals surface area contributed by atoms with Crippen LogP contribution in [0.4, 0.5) is 0 Å². The monoisotopic (exact) mass is 644 g/mol. The minimum absolute atomic E-state index is 1.48. The molecule has 0 aliphatic heterocycles. The molecule has 0 bridgehead atoms. The van der Waals surface area contributed by atoms with Crippen LogP contribution in [0.3, 0.4) is 0 Å². The summed E-state index contributed by atoms with van der Waals surface area (Å²) in [6.07, 6.45) is 0. The summed E-state index contributed by atoms with van der Waals surface area (Å²) in [6.45, 7) is 31.1. The summed E-state index contributed by atoms with van der Waals surface area (Å²) in [4.78, 5) is 0. The standard InChI is InChI=1S/2C6H18NSi2.C6H5.HI.Sn/c2*1-8(2,3)7-9(4,5)6;1-2-4-6-5-3-1;;/h2*1-6H3;1-5H;1H;/q2*-1;;;+3/p-1. The van der Waals surface area contributed by atoms with Crippen molar-refractivity contribution in [2.75, 3.05) is 0 Å². The summed E-state index contributed by atoms with van der Waals surface area (Å²) in [7, 11) is -5.91. The van der Waals surface area contributed by atoms with Crippen molar-refractivity contribution in [2.24, 2.45) is 0 Å². The molecule has 0 aliphatic carbocycles. The number of halogens is 1. The zero-order valence-electron chi connectivity index (χ0n) is 19.2. The Morgan fingerprint density at radius 3 is 1.08 bits per heavy atom. The van der Waals surface area contributed by atoms with Crippen molar-refractivity contribution in [1.29, 1.82) is 0 Å². The van der Waals surface area contributed by atoms with Crippen molar-refractivity contribution in [3.05, 3.63) is 30.3 Å². The predicted molar refractivity (Wildman–Crippen MR) is 143 cm³/mol. The van der Waals surface area contributed by atoms with Crippen LogP contribution < -0.4 is 3.58 Å². The van der Waals surface area contributed by atoms with E-state index in [4.69, 9.17) is 0 Å². The number of hydrogen-bond donors (Lipinski definition) is 0. The molecule has 0 N–H and O–H groups in total. The molecule has 1 aromatic carbocycles. The first kappa shape index (κ1) is 25.6. The summed E-state index contributed by atoms with van der Waals surface area (Å²) in [5.41, 5.74) is 0. The van der Waals surface area contributed by atoms with Gasteiger partial charge in [0.2, 0.25) is 0 Å². The van der Waals surface area contributed by atoms with Gasteiger partial charge in [-0.05, 0) is 0 Å². The van der Waals surface area contributed by atoms with Gasteiger partial charge in [0, 0.05) is 0 Å². The van der Waals surface area contributed by atoms with Crippen molar-refractivity contribution in [3.8, 4) is 0 Å². The molecule has 0 atom stereocenters. The van der Waals surface area contributed by atoms with Crippen LogP contribution in [0.25, 0.3) is 0 Å². The van der Waals surface area contributed by atoms with E-state index in [1.165, 1.54) is 0 Å². The van der Waals surface area contributed by atoms with Crippen LogP contribution in [-0.2, 0) is 0 Å². The first-order valence-corrected chi connectivity index (χ1v) is 35.8. The summed E-state index contributed by atoms with van der Waals surface area (Å²) >= 11 is 0.00519. The van der Waals surface area contributed by atoms with Crippen molar-refractivity contribution in [3.63, 3.8) is 0 Å². The molecule has 0 spiro atoms. The summed E-state index contributed by atoms with van der Waals surface area (Å²) in [6, 6.07) is 11.7. The molecule has 0 saturated heterocycles. The van der Waals surface area contributed by atoms with Crippen LogP contribution in [-0.4, -0.2) is 52.8 Å². The molecule has 0 aliphatic rings. The Morgan fingerprint density at radius 2 is 0.846 bits per heavy atom. The second kappa shape index (κ2) is 8.35. The van der Waals surface area contributed by atoms with Crippen LogP contribution >= 0.6 is 18.6 Å². The third-order valence-corrected chi connectivity index (χ3v) is 78.8. The van der Waals surface area contributed by atoms with Gasteiger partial charge in [0.1, 0.15) is 0 Å². The minimum atomic E-state index is -3.06. The average molecular weight is 643 g/mol. The van der Waals surface area contributed by atoms with Gasteiger partial charge in [0.25, 0.3) is 0 Å². The summed E-state index contributed by atoms with van der Waals surface area (Å²) < 4.78 is 8.15. The Morgan fingerprint density at radius 1 is 0.577 bits per heavy atom. The zero-order chi connectivity index (χ0) is 20.8. The molecule has 1 rings (SSSR count). The van der Waals surface area contributed by atoms with E-state index in [2.05, 4.69) is 132 Å². The Balaban J connectivity index is 3.96. The van der Waals surface area contributed by atoms with Gasteiger partial charge in [0.05, 0.1) is 0 Å². The summed E-state index contributed by atoms with van der Waals surface area (Å²) in [5.74, 6) is 0. The van der Waals surface area contributed by atoms with Gasteiger partial charge >= 0.3 is 184 Å². The van der Waals surface area contributed by atoms with Crippen LogP contribution in [0.2, 0.25) is 78.6 Å². The second-order valence-electron chi connectivity index (χ2n) is 11.3. The van der Waals surface area contributed by atoms with Crippen molar-refractivity contribution >= 4 is 70.1 Å². The molecular formula is C18H41IN2Si4Sn. The van der Waals surface area contributed by atoms with E-state index in [9.17, 15) is 0 Å². The molecule has 26 heavy (non-hydrogen) atoms. The molecule has 0 fully saturated rings. The third kappa shape index (κ3) is 5.79. The van der Waals surface area contributed by atoms with Crippen LogP contribution in [0.5, 0.6) is 0 Å². The normalized spacial score (nSPS) is 15.0. The molecule has 0 heterocycles. The molecule has 150 valence electrons. The van der Waals surface area contributed by atoms with Crippen LogP contribution in [0.15, 0.2) is 30.3 Å². The Hall–Kier alpha value is 1.54. The molecule has 2 nitrogen and oxygen atoms in total. The van der Waals surface area contributed by atoms with E-state index in [0.29, 0.717) is 0 Å². The fraction of sp³-hybridized carbons (Fsp3) is 0.667. The van der Waals surface area contributed by atoms with Gasteiger partial charge in [-0.2, -0.15) is 0 Å². The van der Waals surface area contributed by atoms with Crippen molar-refractivity contribution in [1.82, 2.24) is 4.91 Å². The third-order valence-electron chi connectivity index (χ3n) is 4.42. The fourth-order valence-electron chi connectivity index (χ4n) is 4.80. The van der Waals surface area contributed by atoms with Gasteiger partial charge in [0.15, 0.2) is 0 Å². The van der Waals surface area contributed by atoms with Gasteiger partial charge < -0.3 is 0 Å². The molecule has 0 saturated carbocycles. The van der Waals surface area contributed by atoms with E-state index in [1.807, 2.05) is 0 Å². The Labute approximate surface area is 182 Å². The number of hydrogen-bond acceptors (Lipinski definition) is 2.